The number of nitrogens with zero attached hydrogens (tertiary/aromatic N) is 1. The van der Waals surface area contributed by atoms with Crippen LogP contribution in [0.2, 0.25) is 0 Å². The zero-order valence-electron chi connectivity index (χ0n) is 12.9. The number of carbonyl (C=O) groups is 1. The summed E-state index contributed by atoms with van der Waals surface area (Å²) in [5.41, 5.74) is 0. The first kappa shape index (κ1) is 16.4. The summed E-state index contributed by atoms with van der Waals surface area (Å²) < 4.78 is 0. The molecule has 0 saturated carbocycles. The second-order valence-corrected chi connectivity index (χ2v) is 5.98. The molecule has 0 aromatic heterocycles. The molecule has 0 spiro atoms. The van der Waals surface area contributed by atoms with Crippen LogP contribution in [0.4, 0.5) is 0 Å². The van der Waals surface area contributed by atoms with Gasteiger partial charge in [-0.05, 0) is 58.3 Å². The molecule has 1 rings (SSSR count). The molecule has 0 bridgehead atoms. The summed E-state index contributed by atoms with van der Waals surface area (Å²) in [6, 6.07) is 0. The number of hydrogen-bond donors (Lipinski definition) is 2. The van der Waals surface area contributed by atoms with E-state index in [-0.39, 0.29) is 11.8 Å². The van der Waals surface area contributed by atoms with Crippen LogP contribution in [0.5, 0.6) is 0 Å². The molecule has 2 N–H and O–H groups in total. The average Bonchev–Trinajstić information content (AvgIpc) is 2.40. The number of nitrogens with one attached hydrogen (secondary N) is 2. The molecule has 0 aromatic rings. The highest BCUT2D eigenvalue weighted by Gasteiger charge is 2.15. The second kappa shape index (κ2) is 9.32. The van der Waals surface area contributed by atoms with Gasteiger partial charge < -0.3 is 15.5 Å². The predicted molar refractivity (Wildman–Crippen MR) is 80.2 cm³/mol. The van der Waals surface area contributed by atoms with Crippen LogP contribution in [-0.4, -0.2) is 50.6 Å². The molecule has 1 heterocycles. The van der Waals surface area contributed by atoms with Crippen molar-refractivity contribution in [3.05, 3.63) is 0 Å². The Hall–Kier alpha value is -0.610. The van der Waals surface area contributed by atoms with Gasteiger partial charge in [0, 0.05) is 19.0 Å². The number of piperidine rings is 1. The maximum Gasteiger partial charge on any atom is 0.224 e. The first-order valence-electron chi connectivity index (χ1n) is 7.78. The van der Waals surface area contributed by atoms with Gasteiger partial charge in [0.1, 0.15) is 0 Å². The fourth-order valence-electron chi connectivity index (χ4n) is 2.53. The zero-order valence-corrected chi connectivity index (χ0v) is 12.9. The summed E-state index contributed by atoms with van der Waals surface area (Å²) in [5, 5.41) is 6.04. The van der Waals surface area contributed by atoms with Gasteiger partial charge in [0.05, 0.1) is 0 Å². The van der Waals surface area contributed by atoms with Gasteiger partial charge >= 0.3 is 0 Å². The summed E-state index contributed by atoms with van der Waals surface area (Å²) >= 11 is 0. The van der Waals surface area contributed by atoms with Crippen LogP contribution in [0.1, 0.15) is 39.5 Å². The molecule has 0 aliphatic carbocycles. The highest BCUT2D eigenvalue weighted by Crippen LogP contribution is 2.15. The van der Waals surface area contributed by atoms with Gasteiger partial charge in [-0.1, -0.05) is 13.8 Å². The fourth-order valence-corrected chi connectivity index (χ4v) is 2.53. The lowest BCUT2D eigenvalue weighted by Crippen LogP contribution is -2.36. The molecule has 1 aliphatic heterocycles. The van der Waals surface area contributed by atoms with E-state index in [0.717, 1.165) is 25.4 Å². The van der Waals surface area contributed by atoms with E-state index >= 15 is 0 Å². The van der Waals surface area contributed by atoms with E-state index in [0.29, 0.717) is 0 Å². The topological polar surface area (TPSA) is 44.4 Å². The quantitative estimate of drug-likeness (QED) is 0.656. The third-order valence-electron chi connectivity index (χ3n) is 4.03. The van der Waals surface area contributed by atoms with Crippen molar-refractivity contribution in [2.75, 3.05) is 39.8 Å². The number of amides is 1. The highest BCUT2D eigenvalue weighted by molar-refractivity contribution is 5.78. The predicted octanol–water partition coefficient (Wildman–Crippen LogP) is 1.47. The minimum Gasteiger partial charge on any atom is -0.356 e. The van der Waals surface area contributed by atoms with Gasteiger partial charge in [0.2, 0.25) is 5.91 Å². The van der Waals surface area contributed by atoms with Crippen molar-refractivity contribution in [3.63, 3.8) is 0 Å². The van der Waals surface area contributed by atoms with Crippen molar-refractivity contribution in [3.8, 4) is 0 Å². The minimum absolute atomic E-state index is 0.0635. The van der Waals surface area contributed by atoms with E-state index in [2.05, 4.69) is 22.5 Å². The Balaban J connectivity index is 1.97. The lowest BCUT2D eigenvalue weighted by Gasteiger charge is -2.30. The molecule has 19 heavy (non-hydrogen) atoms. The third-order valence-corrected chi connectivity index (χ3v) is 4.03. The van der Waals surface area contributed by atoms with Crippen molar-refractivity contribution in [1.29, 1.82) is 0 Å². The van der Waals surface area contributed by atoms with Crippen molar-refractivity contribution in [2.45, 2.75) is 39.5 Å². The Morgan fingerprint density at radius 2 is 2.00 bits per heavy atom. The Kier molecular flexibility index (Phi) is 8.07. The van der Waals surface area contributed by atoms with Crippen LogP contribution in [0, 0.1) is 11.8 Å². The smallest absolute Gasteiger partial charge is 0.224 e. The Labute approximate surface area is 118 Å². The highest BCUT2D eigenvalue weighted by atomic mass is 16.1. The lowest BCUT2D eigenvalue weighted by molar-refractivity contribution is -0.124. The minimum atomic E-state index is 0.0635. The Morgan fingerprint density at radius 3 is 2.63 bits per heavy atom. The largest absolute Gasteiger partial charge is 0.356 e. The van der Waals surface area contributed by atoms with Crippen LogP contribution in [-0.2, 0) is 4.79 Å². The van der Waals surface area contributed by atoms with Gasteiger partial charge in [-0.3, -0.25) is 4.79 Å². The fraction of sp³-hybridized carbons (Fsp3) is 0.933. The lowest BCUT2D eigenvalue weighted by atomic mass is 9.99. The van der Waals surface area contributed by atoms with Crippen LogP contribution in [0.25, 0.3) is 0 Å². The van der Waals surface area contributed by atoms with Crippen molar-refractivity contribution in [2.24, 2.45) is 11.8 Å². The first-order valence-corrected chi connectivity index (χ1v) is 7.78. The number of rotatable bonds is 8. The van der Waals surface area contributed by atoms with Crippen molar-refractivity contribution in [1.82, 2.24) is 15.5 Å². The molecule has 0 aromatic carbocycles. The Bertz CT molecular complexity index is 250. The Morgan fingerprint density at radius 1 is 1.32 bits per heavy atom. The SMILES string of the molecule is CNCC(C)C(=O)NCCCCN1CCC(C)CC1. The molecule has 0 radical (unpaired) electrons. The zero-order chi connectivity index (χ0) is 14.1. The molecule has 1 unspecified atom stereocenters. The van der Waals surface area contributed by atoms with Crippen LogP contribution in [0.15, 0.2) is 0 Å². The van der Waals surface area contributed by atoms with Crippen LogP contribution < -0.4 is 10.6 Å². The maximum absolute atomic E-state index is 11.7. The van der Waals surface area contributed by atoms with E-state index in [1.807, 2.05) is 14.0 Å². The monoisotopic (exact) mass is 269 g/mol. The second-order valence-electron chi connectivity index (χ2n) is 5.98. The number of hydrogen-bond acceptors (Lipinski definition) is 3. The van der Waals surface area contributed by atoms with E-state index in [4.69, 9.17) is 0 Å². The molecular formula is C15H31N3O. The number of likely N-dealkylation sites (tertiary alicyclic amines) is 1. The van der Waals surface area contributed by atoms with E-state index in [9.17, 15) is 4.79 Å². The van der Waals surface area contributed by atoms with Crippen molar-refractivity contribution >= 4 is 5.91 Å². The molecule has 4 heteroatoms. The van der Waals surface area contributed by atoms with Gasteiger partial charge in [-0.25, -0.2) is 0 Å². The summed E-state index contributed by atoms with van der Waals surface area (Å²) in [6.07, 6.45) is 4.97. The van der Waals surface area contributed by atoms with Gasteiger partial charge in [-0.15, -0.1) is 0 Å². The summed E-state index contributed by atoms with van der Waals surface area (Å²) in [7, 11) is 1.88. The summed E-state index contributed by atoms with van der Waals surface area (Å²) in [5.74, 6) is 1.14. The van der Waals surface area contributed by atoms with Gasteiger partial charge in [0.25, 0.3) is 0 Å². The molecule has 1 amide bonds. The molecule has 112 valence electrons. The molecule has 1 fully saturated rings. The average molecular weight is 269 g/mol. The van der Waals surface area contributed by atoms with Crippen molar-refractivity contribution < 1.29 is 4.79 Å². The number of unbranched alkanes of at least 4 members (excludes halogenated alkanes) is 1. The van der Waals surface area contributed by atoms with E-state index < -0.39 is 0 Å². The third kappa shape index (κ3) is 6.92. The molecular weight excluding hydrogens is 238 g/mol. The van der Waals surface area contributed by atoms with Crippen LogP contribution >= 0.6 is 0 Å². The van der Waals surface area contributed by atoms with Gasteiger partial charge in [0.15, 0.2) is 0 Å². The molecule has 1 atom stereocenters. The summed E-state index contributed by atoms with van der Waals surface area (Å²) in [6.45, 7) is 9.57. The summed E-state index contributed by atoms with van der Waals surface area (Å²) in [4.78, 5) is 14.2. The standard InChI is InChI=1S/C15H31N3O/c1-13-6-10-18(11-7-13)9-5-4-8-17-15(19)14(2)12-16-3/h13-14,16H,4-12H2,1-3H3,(H,17,19). The van der Waals surface area contributed by atoms with Crippen LogP contribution in [0.3, 0.4) is 0 Å². The normalized spacial score (nSPS) is 19.3. The maximum atomic E-state index is 11.7. The van der Waals surface area contributed by atoms with E-state index in [1.165, 1.54) is 38.9 Å². The number of carbonyl (C=O) groups excluding carboxylic acids is 1. The van der Waals surface area contributed by atoms with Gasteiger partial charge in [-0.2, -0.15) is 0 Å². The molecule has 1 saturated heterocycles. The van der Waals surface area contributed by atoms with E-state index in [1.54, 1.807) is 0 Å². The first-order chi connectivity index (χ1) is 9.13. The molecule has 4 nitrogen and oxygen atoms in total. The molecule has 1 aliphatic rings.